The van der Waals surface area contributed by atoms with Crippen LogP contribution in [0, 0.1) is 5.82 Å². The average molecular weight is 340 g/mol. The predicted octanol–water partition coefficient (Wildman–Crippen LogP) is 4.85. The Kier molecular flexibility index (Phi) is 5.43. The summed E-state index contributed by atoms with van der Waals surface area (Å²) in [7, 11) is 0. The zero-order valence-electron chi connectivity index (χ0n) is 10.6. The van der Waals surface area contributed by atoms with Crippen LogP contribution in [0.25, 0.3) is 0 Å². The number of rotatable bonds is 5. The third-order valence-electron chi connectivity index (χ3n) is 2.61. The highest BCUT2D eigenvalue weighted by molar-refractivity contribution is 9.10. The molecule has 100 valence electrons. The Hall–Kier alpha value is -0.840. The third kappa shape index (κ3) is 4.34. The van der Waals surface area contributed by atoms with E-state index in [0.717, 1.165) is 27.4 Å². The van der Waals surface area contributed by atoms with Crippen molar-refractivity contribution in [3.05, 3.63) is 58.3 Å². The Morgan fingerprint density at radius 3 is 2.79 bits per heavy atom. The highest BCUT2D eigenvalue weighted by Crippen LogP contribution is 2.32. The molecule has 2 rings (SSSR count). The Morgan fingerprint density at radius 1 is 1.21 bits per heavy atom. The van der Waals surface area contributed by atoms with E-state index in [0.29, 0.717) is 0 Å². The molecule has 0 bridgehead atoms. The van der Waals surface area contributed by atoms with Gasteiger partial charge in [0.15, 0.2) is 0 Å². The Morgan fingerprint density at radius 2 is 2.05 bits per heavy atom. The summed E-state index contributed by atoms with van der Waals surface area (Å²) in [5.41, 5.74) is 1.21. The Bertz CT molecular complexity index is 560. The van der Waals surface area contributed by atoms with E-state index in [2.05, 4.69) is 40.3 Å². The van der Waals surface area contributed by atoms with Gasteiger partial charge in [-0.2, -0.15) is 0 Å². The minimum atomic E-state index is -0.199. The smallest absolute Gasteiger partial charge is 0.124 e. The molecule has 0 radical (unpaired) electrons. The molecule has 0 heterocycles. The molecule has 1 N–H and O–H groups in total. The molecular weight excluding hydrogens is 325 g/mol. The first-order chi connectivity index (χ1) is 9.19. The molecule has 0 atom stereocenters. The molecule has 0 aliphatic carbocycles. The monoisotopic (exact) mass is 339 g/mol. The summed E-state index contributed by atoms with van der Waals surface area (Å²) >= 11 is 5.07. The first-order valence-corrected chi connectivity index (χ1v) is 7.72. The molecule has 0 spiro atoms. The highest BCUT2D eigenvalue weighted by atomic mass is 79.9. The number of hydrogen-bond donors (Lipinski definition) is 1. The molecule has 0 fully saturated rings. The molecule has 19 heavy (non-hydrogen) atoms. The van der Waals surface area contributed by atoms with E-state index in [4.69, 9.17) is 0 Å². The van der Waals surface area contributed by atoms with Crippen molar-refractivity contribution < 1.29 is 4.39 Å². The molecule has 0 unspecified atom stereocenters. The topological polar surface area (TPSA) is 12.0 Å². The molecule has 1 nitrogen and oxygen atoms in total. The van der Waals surface area contributed by atoms with Gasteiger partial charge in [-0.15, -0.1) is 0 Å². The van der Waals surface area contributed by atoms with Crippen LogP contribution in [0.15, 0.2) is 56.7 Å². The van der Waals surface area contributed by atoms with Gasteiger partial charge in [0.25, 0.3) is 0 Å². The van der Waals surface area contributed by atoms with Crippen molar-refractivity contribution >= 4 is 27.7 Å². The zero-order chi connectivity index (χ0) is 13.7. The second kappa shape index (κ2) is 7.08. The van der Waals surface area contributed by atoms with E-state index in [1.165, 1.54) is 11.6 Å². The molecule has 2 aromatic carbocycles. The summed E-state index contributed by atoms with van der Waals surface area (Å²) in [4.78, 5) is 2.06. The molecule has 0 saturated carbocycles. The summed E-state index contributed by atoms with van der Waals surface area (Å²) in [5.74, 6) is -0.199. The van der Waals surface area contributed by atoms with E-state index in [1.807, 2.05) is 12.1 Å². The van der Waals surface area contributed by atoms with Gasteiger partial charge in [-0.3, -0.25) is 0 Å². The maximum absolute atomic E-state index is 13.2. The molecule has 0 amide bonds. The highest BCUT2D eigenvalue weighted by Gasteiger charge is 2.06. The standard InChI is InChI=1S/C15H15BrFNS/c1-2-18-10-11-8-12(16)6-7-15(11)19-14-5-3-4-13(17)9-14/h3-9,18H,2,10H2,1H3. The first-order valence-electron chi connectivity index (χ1n) is 6.11. The summed E-state index contributed by atoms with van der Waals surface area (Å²) in [5, 5.41) is 3.32. The Labute approximate surface area is 125 Å². The van der Waals surface area contributed by atoms with Gasteiger partial charge in [0.2, 0.25) is 0 Å². The van der Waals surface area contributed by atoms with Crippen LogP contribution in [-0.2, 0) is 6.54 Å². The van der Waals surface area contributed by atoms with Crippen LogP contribution in [0.2, 0.25) is 0 Å². The van der Waals surface area contributed by atoms with Crippen LogP contribution in [-0.4, -0.2) is 6.54 Å². The number of halogens is 2. The van der Waals surface area contributed by atoms with Gasteiger partial charge >= 0.3 is 0 Å². The minimum Gasteiger partial charge on any atom is -0.313 e. The second-order valence-electron chi connectivity index (χ2n) is 4.09. The normalized spacial score (nSPS) is 10.7. The number of benzene rings is 2. The van der Waals surface area contributed by atoms with Crippen molar-refractivity contribution in [1.82, 2.24) is 5.32 Å². The van der Waals surface area contributed by atoms with Gasteiger partial charge in [-0.25, -0.2) is 4.39 Å². The van der Waals surface area contributed by atoms with Gasteiger partial charge in [0, 0.05) is 20.8 Å². The fourth-order valence-corrected chi connectivity index (χ4v) is 3.08. The van der Waals surface area contributed by atoms with E-state index < -0.39 is 0 Å². The van der Waals surface area contributed by atoms with Crippen molar-refractivity contribution in [3.63, 3.8) is 0 Å². The fraction of sp³-hybridized carbons (Fsp3) is 0.200. The minimum absolute atomic E-state index is 0.199. The lowest BCUT2D eigenvalue weighted by Crippen LogP contribution is -2.12. The Balaban J connectivity index is 2.23. The largest absolute Gasteiger partial charge is 0.313 e. The quantitative estimate of drug-likeness (QED) is 0.835. The van der Waals surface area contributed by atoms with Crippen LogP contribution in [0.4, 0.5) is 4.39 Å². The van der Waals surface area contributed by atoms with Crippen molar-refractivity contribution in [2.24, 2.45) is 0 Å². The summed E-state index contributed by atoms with van der Waals surface area (Å²) in [6.45, 7) is 3.82. The lowest BCUT2D eigenvalue weighted by molar-refractivity contribution is 0.624. The molecule has 0 aromatic heterocycles. The lowest BCUT2D eigenvalue weighted by atomic mass is 10.2. The maximum atomic E-state index is 13.2. The van der Waals surface area contributed by atoms with Gasteiger partial charge < -0.3 is 5.32 Å². The molecule has 0 aliphatic rings. The second-order valence-corrected chi connectivity index (χ2v) is 6.12. The van der Waals surface area contributed by atoms with E-state index in [9.17, 15) is 4.39 Å². The lowest BCUT2D eigenvalue weighted by Gasteiger charge is -2.10. The SMILES string of the molecule is CCNCc1cc(Br)ccc1Sc1cccc(F)c1. The number of hydrogen-bond acceptors (Lipinski definition) is 2. The summed E-state index contributed by atoms with van der Waals surface area (Å²) < 4.78 is 14.3. The molecule has 2 aromatic rings. The van der Waals surface area contributed by atoms with Crippen LogP contribution in [0.5, 0.6) is 0 Å². The van der Waals surface area contributed by atoms with Gasteiger partial charge in [0.05, 0.1) is 0 Å². The van der Waals surface area contributed by atoms with Crippen LogP contribution < -0.4 is 5.32 Å². The fourth-order valence-electron chi connectivity index (χ4n) is 1.70. The summed E-state index contributed by atoms with van der Waals surface area (Å²) in [6.07, 6.45) is 0. The third-order valence-corrected chi connectivity index (χ3v) is 4.21. The zero-order valence-corrected chi connectivity index (χ0v) is 13.0. The van der Waals surface area contributed by atoms with Crippen molar-refractivity contribution in [2.75, 3.05) is 6.54 Å². The maximum Gasteiger partial charge on any atom is 0.124 e. The molecule has 0 aliphatic heterocycles. The average Bonchev–Trinajstić information content (AvgIpc) is 2.39. The van der Waals surface area contributed by atoms with E-state index >= 15 is 0 Å². The van der Waals surface area contributed by atoms with Crippen molar-refractivity contribution in [3.8, 4) is 0 Å². The van der Waals surface area contributed by atoms with E-state index in [1.54, 1.807) is 23.9 Å². The summed E-state index contributed by atoms with van der Waals surface area (Å²) in [6, 6.07) is 12.9. The predicted molar refractivity (Wildman–Crippen MR) is 82.0 cm³/mol. The van der Waals surface area contributed by atoms with Gasteiger partial charge in [-0.1, -0.05) is 40.7 Å². The molecular formula is C15H15BrFNS. The first kappa shape index (κ1) is 14.6. The van der Waals surface area contributed by atoms with Crippen LogP contribution in [0.1, 0.15) is 12.5 Å². The van der Waals surface area contributed by atoms with Gasteiger partial charge in [-0.05, 0) is 48.5 Å². The molecule has 0 saturated heterocycles. The number of nitrogens with one attached hydrogen (secondary N) is 1. The van der Waals surface area contributed by atoms with Crippen LogP contribution in [0.3, 0.4) is 0 Å². The van der Waals surface area contributed by atoms with Crippen molar-refractivity contribution in [1.29, 1.82) is 0 Å². The van der Waals surface area contributed by atoms with Crippen LogP contribution >= 0.6 is 27.7 Å². The van der Waals surface area contributed by atoms with Gasteiger partial charge in [0.1, 0.15) is 5.82 Å². The van der Waals surface area contributed by atoms with Crippen molar-refractivity contribution in [2.45, 2.75) is 23.3 Å². The molecule has 4 heteroatoms. The van der Waals surface area contributed by atoms with E-state index in [-0.39, 0.29) is 5.82 Å².